The third-order valence-electron chi connectivity index (χ3n) is 3.53. The second kappa shape index (κ2) is 7.67. The number of hydrogen-bond acceptors (Lipinski definition) is 5. The summed E-state index contributed by atoms with van der Waals surface area (Å²) in [5.74, 6) is -0.644. The van der Waals surface area contributed by atoms with Gasteiger partial charge in [0.2, 0.25) is 0 Å². The first-order valence-corrected chi connectivity index (χ1v) is 8.69. The minimum absolute atomic E-state index is 0.213. The summed E-state index contributed by atoms with van der Waals surface area (Å²) >= 11 is 6.24. The molecule has 0 aromatic heterocycles. The standard InChI is InChI=1S/C18H13FN2O3S2/c1-24-14-8-4-12(5-9-14)16(22)20-21-17(23)15(26-18(21)25)10-11-2-6-13(19)7-3-11/h2-10H,1H3,(H,20,22). The summed E-state index contributed by atoms with van der Waals surface area (Å²) in [6.07, 6.45) is 1.60. The van der Waals surface area contributed by atoms with Crippen molar-refractivity contribution in [1.29, 1.82) is 0 Å². The lowest BCUT2D eigenvalue weighted by molar-refractivity contribution is -0.123. The number of thioether (sulfide) groups is 1. The fourth-order valence-corrected chi connectivity index (χ4v) is 3.36. The van der Waals surface area contributed by atoms with Crippen LogP contribution in [0.5, 0.6) is 5.75 Å². The molecule has 0 aliphatic carbocycles. The van der Waals surface area contributed by atoms with Crippen LogP contribution in [-0.2, 0) is 4.79 Å². The predicted molar refractivity (Wildman–Crippen MR) is 102 cm³/mol. The number of nitrogens with one attached hydrogen (secondary N) is 1. The highest BCUT2D eigenvalue weighted by molar-refractivity contribution is 8.26. The Hall–Kier alpha value is -2.71. The van der Waals surface area contributed by atoms with E-state index in [2.05, 4.69) is 5.43 Å². The molecule has 0 atom stereocenters. The Morgan fingerprint density at radius 2 is 1.85 bits per heavy atom. The van der Waals surface area contributed by atoms with E-state index in [1.54, 1.807) is 42.5 Å². The van der Waals surface area contributed by atoms with Crippen LogP contribution in [0.3, 0.4) is 0 Å². The molecule has 0 spiro atoms. The monoisotopic (exact) mass is 388 g/mol. The molecule has 0 bridgehead atoms. The van der Waals surface area contributed by atoms with Crippen molar-refractivity contribution in [2.24, 2.45) is 0 Å². The van der Waals surface area contributed by atoms with E-state index in [0.29, 0.717) is 21.8 Å². The number of amides is 2. The van der Waals surface area contributed by atoms with E-state index in [1.807, 2.05) is 0 Å². The van der Waals surface area contributed by atoms with Gasteiger partial charge in [0.1, 0.15) is 11.6 Å². The summed E-state index contributed by atoms with van der Waals surface area (Å²) in [6.45, 7) is 0. The molecule has 132 valence electrons. The number of hydrogen-bond donors (Lipinski definition) is 1. The zero-order chi connectivity index (χ0) is 18.7. The van der Waals surface area contributed by atoms with E-state index in [1.165, 1.54) is 19.2 Å². The van der Waals surface area contributed by atoms with Crippen LogP contribution >= 0.6 is 24.0 Å². The molecule has 8 heteroatoms. The molecule has 3 rings (SSSR count). The largest absolute Gasteiger partial charge is 0.497 e. The van der Waals surface area contributed by atoms with Crippen LogP contribution in [-0.4, -0.2) is 28.3 Å². The number of carbonyl (C=O) groups is 2. The van der Waals surface area contributed by atoms with Crippen molar-refractivity contribution in [3.63, 3.8) is 0 Å². The van der Waals surface area contributed by atoms with E-state index >= 15 is 0 Å². The molecule has 2 aromatic carbocycles. The van der Waals surface area contributed by atoms with Gasteiger partial charge in [0, 0.05) is 5.56 Å². The van der Waals surface area contributed by atoms with Crippen LogP contribution in [0, 0.1) is 5.82 Å². The number of nitrogens with zero attached hydrogens (tertiary/aromatic N) is 1. The number of thiocarbonyl (C=S) groups is 1. The van der Waals surface area contributed by atoms with Crippen LogP contribution in [0.4, 0.5) is 4.39 Å². The molecule has 2 amide bonds. The average Bonchev–Trinajstić information content (AvgIpc) is 2.91. The molecule has 1 fully saturated rings. The minimum Gasteiger partial charge on any atom is -0.497 e. The van der Waals surface area contributed by atoms with E-state index in [4.69, 9.17) is 17.0 Å². The minimum atomic E-state index is -0.466. The average molecular weight is 388 g/mol. The molecular weight excluding hydrogens is 375 g/mol. The van der Waals surface area contributed by atoms with E-state index < -0.39 is 11.8 Å². The molecule has 1 aliphatic heterocycles. The van der Waals surface area contributed by atoms with Crippen molar-refractivity contribution >= 4 is 46.2 Å². The third-order valence-corrected chi connectivity index (χ3v) is 4.83. The first-order valence-electron chi connectivity index (χ1n) is 7.46. The van der Waals surface area contributed by atoms with Gasteiger partial charge >= 0.3 is 0 Å². The van der Waals surface area contributed by atoms with Crippen molar-refractivity contribution in [2.45, 2.75) is 0 Å². The van der Waals surface area contributed by atoms with Gasteiger partial charge in [-0.1, -0.05) is 23.9 Å². The van der Waals surface area contributed by atoms with Gasteiger partial charge in [-0.3, -0.25) is 15.0 Å². The summed E-state index contributed by atoms with van der Waals surface area (Å²) in [6, 6.07) is 12.2. The highest BCUT2D eigenvalue weighted by Gasteiger charge is 2.33. The van der Waals surface area contributed by atoms with E-state index in [-0.39, 0.29) is 10.1 Å². The molecule has 0 unspecified atom stereocenters. The molecule has 1 heterocycles. The number of methoxy groups -OCH3 is 1. The van der Waals surface area contributed by atoms with E-state index in [0.717, 1.165) is 16.8 Å². The number of hydrazine groups is 1. The number of ether oxygens (including phenoxy) is 1. The van der Waals surface area contributed by atoms with Crippen molar-refractivity contribution in [3.8, 4) is 5.75 Å². The topological polar surface area (TPSA) is 58.6 Å². The number of benzene rings is 2. The Balaban J connectivity index is 1.74. The van der Waals surface area contributed by atoms with Gasteiger partial charge in [-0.2, -0.15) is 5.01 Å². The lowest BCUT2D eigenvalue weighted by Crippen LogP contribution is -2.44. The fourth-order valence-electron chi connectivity index (χ4n) is 2.18. The van der Waals surface area contributed by atoms with Gasteiger partial charge in [0.05, 0.1) is 12.0 Å². The first-order chi connectivity index (χ1) is 12.5. The Morgan fingerprint density at radius 3 is 2.46 bits per heavy atom. The second-order valence-corrected chi connectivity index (χ2v) is 6.91. The Morgan fingerprint density at radius 1 is 1.19 bits per heavy atom. The van der Waals surface area contributed by atoms with Gasteiger partial charge in [-0.15, -0.1) is 0 Å². The molecular formula is C18H13FN2O3S2. The van der Waals surface area contributed by atoms with Crippen LogP contribution in [0.2, 0.25) is 0 Å². The molecule has 1 aliphatic rings. The quantitative estimate of drug-likeness (QED) is 0.643. The molecule has 5 nitrogen and oxygen atoms in total. The van der Waals surface area contributed by atoms with Crippen molar-refractivity contribution in [1.82, 2.24) is 10.4 Å². The molecule has 1 N–H and O–H groups in total. The van der Waals surface area contributed by atoms with E-state index in [9.17, 15) is 14.0 Å². The predicted octanol–water partition coefficient (Wildman–Crippen LogP) is 3.38. The van der Waals surface area contributed by atoms with Crippen LogP contribution in [0.15, 0.2) is 53.4 Å². The van der Waals surface area contributed by atoms with Gasteiger partial charge in [0.15, 0.2) is 4.32 Å². The van der Waals surface area contributed by atoms with Crippen LogP contribution in [0.1, 0.15) is 15.9 Å². The van der Waals surface area contributed by atoms with Crippen molar-refractivity contribution in [2.75, 3.05) is 7.11 Å². The maximum absolute atomic E-state index is 13.0. The SMILES string of the molecule is COc1ccc(C(=O)NN2C(=O)C(=Cc3ccc(F)cc3)SC2=S)cc1. The maximum atomic E-state index is 13.0. The van der Waals surface area contributed by atoms with Gasteiger partial charge in [-0.25, -0.2) is 4.39 Å². The van der Waals surface area contributed by atoms with Crippen LogP contribution < -0.4 is 10.2 Å². The summed E-state index contributed by atoms with van der Waals surface area (Å²) in [7, 11) is 1.53. The molecule has 2 aromatic rings. The Labute approximate surface area is 158 Å². The fraction of sp³-hybridized carbons (Fsp3) is 0.0556. The van der Waals surface area contributed by atoms with Crippen molar-refractivity contribution in [3.05, 3.63) is 70.4 Å². The summed E-state index contributed by atoms with van der Waals surface area (Å²) in [4.78, 5) is 25.2. The van der Waals surface area contributed by atoms with Gasteiger partial charge < -0.3 is 4.74 Å². The molecule has 0 radical (unpaired) electrons. The summed E-state index contributed by atoms with van der Waals surface area (Å²) in [5, 5.41) is 1.03. The molecule has 1 saturated heterocycles. The second-order valence-electron chi connectivity index (χ2n) is 5.24. The first kappa shape index (κ1) is 18.1. The summed E-state index contributed by atoms with van der Waals surface area (Å²) < 4.78 is 18.2. The third kappa shape index (κ3) is 3.92. The highest BCUT2D eigenvalue weighted by atomic mass is 32.2. The number of rotatable bonds is 4. The highest BCUT2D eigenvalue weighted by Crippen LogP contribution is 2.31. The molecule has 26 heavy (non-hydrogen) atoms. The zero-order valence-electron chi connectivity index (χ0n) is 13.6. The maximum Gasteiger partial charge on any atom is 0.285 e. The number of halogens is 1. The normalized spacial score (nSPS) is 15.5. The van der Waals surface area contributed by atoms with Crippen LogP contribution in [0.25, 0.3) is 6.08 Å². The summed E-state index contributed by atoms with van der Waals surface area (Å²) in [5.41, 5.74) is 3.52. The molecule has 0 saturated carbocycles. The Bertz CT molecular complexity index is 896. The number of carbonyl (C=O) groups excluding carboxylic acids is 2. The smallest absolute Gasteiger partial charge is 0.285 e. The van der Waals surface area contributed by atoms with Crippen molar-refractivity contribution < 1.29 is 18.7 Å². The lowest BCUT2D eigenvalue weighted by atomic mass is 10.2. The van der Waals surface area contributed by atoms with Gasteiger partial charge in [-0.05, 0) is 60.3 Å². The Kier molecular flexibility index (Phi) is 5.34. The van der Waals surface area contributed by atoms with Gasteiger partial charge in [0.25, 0.3) is 11.8 Å². The zero-order valence-corrected chi connectivity index (χ0v) is 15.2. The lowest BCUT2D eigenvalue weighted by Gasteiger charge is -2.15.